The summed E-state index contributed by atoms with van der Waals surface area (Å²) in [5, 5.41) is 3.27. The minimum absolute atomic E-state index is 0.241. The lowest BCUT2D eigenvalue weighted by atomic mass is 10.3. The molecule has 0 unspecified atom stereocenters. The summed E-state index contributed by atoms with van der Waals surface area (Å²) in [5.41, 5.74) is 12.0. The van der Waals surface area contributed by atoms with Crippen molar-refractivity contribution < 1.29 is 9.53 Å². The van der Waals surface area contributed by atoms with Gasteiger partial charge in [0.2, 0.25) is 5.96 Å². The van der Waals surface area contributed by atoms with Gasteiger partial charge in [-0.3, -0.25) is 0 Å². The van der Waals surface area contributed by atoms with E-state index < -0.39 is 6.09 Å². The first kappa shape index (κ1) is 9.85. The molecule has 5 N–H and O–H groups in total. The number of guanidine groups is 1. The molecule has 0 saturated carbocycles. The Hall–Kier alpha value is -2.24. The number of para-hydroxylation sites is 1. The van der Waals surface area contributed by atoms with Gasteiger partial charge in [-0.25, -0.2) is 10.2 Å². The lowest BCUT2D eigenvalue weighted by molar-refractivity contribution is 0.201. The number of amides is 1. The van der Waals surface area contributed by atoms with Gasteiger partial charge in [0.1, 0.15) is 5.75 Å². The molecule has 1 amide bonds. The average Bonchev–Trinajstić information content (AvgIpc) is 2.16. The van der Waals surface area contributed by atoms with Crippen LogP contribution in [0.25, 0.3) is 0 Å². The maximum atomic E-state index is 11.0. The Kier molecular flexibility index (Phi) is 3.31. The first-order valence-corrected chi connectivity index (χ1v) is 3.80. The summed E-state index contributed by atoms with van der Waals surface area (Å²) in [6.45, 7) is 0. The molecule has 0 bridgehead atoms. The van der Waals surface area contributed by atoms with E-state index in [4.69, 9.17) is 16.2 Å². The zero-order valence-electron chi connectivity index (χ0n) is 7.31. The van der Waals surface area contributed by atoms with E-state index in [0.29, 0.717) is 5.75 Å². The van der Waals surface area contributed by atoms with Crippen molar-refractivity contribution in [1.82, 2.24) is 5.43 Å². The van der Waals surface area contributed by atoms with E-state index in [1.807, 2.05) is 5.43 Å². The molecular weight excluding hydrogens is 184 g/mol. The van der Waals surface area contributed by atoms with Crippen LogP contribution in [0.4, 0.5) is 4.79 Å². The van der Waals surface area contributed by atoms with E-state index in [-0.39, 0.29) is 5.96 Å². The number of benzene rings is 1. The van der Waals surface area contributed by atoms with Gasteiger partial charge >= 0.3 is 6.09 Å². The summed E-state index contributed by atoms with van der Waals surface area (Å²) >= 11 is 0. The fourth-order valence-corrected chi connectivity index (χ4v) is 0.729. The molecule has 0 aliphatic rings. The standard InChI is InChI=1S/C8H10N4O2/c9-7(10)11-12-8(13)14-6-4-2-1-3-5-6/h1-5H,(H,12,13)(H4,9,10,11). The molecule has 0 heterocycles. The highest BCUT2D eigenvalue weighted by Gasteiger charge is 2.01. The molecule has 0 aliphatic carbocycles. The Labute approximate surface area is 80.5 Å². The smallest absolute Gasteiger partial charge is 0.409 e. The summed E-state index contributed by atoms with van der Waals surface area (Å²) in [5.74, 6) is 0.172. The molecular formula is C8H10N4O2. The van der Waals surface area contributed by atoms with E-state index in [1.165, 1.54) is 0 Å². The van der Waals surface area contributed by atoms with Crippen molar-refractivity contribution in [2.24, 2.45) is 16.6 Å². The molecule has 6 nitrogen and oxygen atoms in total. The van der Waals surface area contributed by atoms with Gasteiger partial charge in [-0.1, -0.05) is 18.2 Å². The third kappa shape index (κ3) is 3.44. The van der Waals surface area contributed by atoms with Crippen LogP contribution in [0.1, 0.15) is 0 Å². The number of nitrogens with two attached hydrogens (primary N) is 2. The number of nitrogens with one attached hydrogen (secondary N) is 1. The lowest BCUT2D eigenvalue weighted by Gasteiger charge is -2.01. The molecule has 1 aromatic rings. The maximum absolute atomic E-state index is 11.0. The number of hydrogen-bond donors (Lipinski definition) is 3. The molecule has 0 atom stereocenters. The number of carbonyl (C=O) groups excluding carboxylic acids is 1. The molecule has 0 spiro atoms. The van der Waals surface area contributed by atoms with Crippen LogP contribution in [0, 0.1) is 0 Å². The highest BCUT2D eigenvalue weighted by molar-refractivity contribution is 5.78. The predicted octanol–water partition coefficient (Wildman–Crippen LogP) is -0.0366. The summed E-state index contributed by atoms with van der Waals surface area (Å²) in [4.78, 5) is 11.0. The quantitative estimate of drug-likeness (QED) is 0.349. The van der Waals surface area contributed by atoms with E-state index in [2.05, 4.69) is 5.10 Å². The second-order valence-corrected chi connectivity index (χ2v) is 2.35. The second kappa shape index (κ2) is 4.70. The molecule has 1 rings (SSSR count). The number of hydrazone groups is 1. The van der Waals surface area contributed by atoms with Crippen LogP contribution in [-0.4, -0.2) is 12.1 Å². The van der Waals surface area contributed by atoms with Gasteiger partial charge in [-0.15, -0.1) is 5.10 Å². The zero-order chi connectivity index (χ0) is 10.4. The molecule has 0 radical (unpaired) electrons. The minimum Gasteiger partial charge on any atom is -0.409 e. The first-order chi connectivity index (χ1) is 6.68. The van der Waals surface area contributed by atoms with Crippen LogP contribution in [0.2, 0.25) is 0 Å². The van der Waals surface area contributed by atoms with Crippen molar-refractivity contribution in [3.05, 3.63) is 30.3 Å². The van der Waals surface area contributed by atoms with Gasteiger partial charge in [-0.05, 0) is 12.1 Å². The van der Waals surface area contributed by atoms with Crippen molar-refractivity contribution >= 4 is 12.1 Å². The Morgan fingerprint density at radius 1 is 1.29 bits per heavy atom. The Morgan fingerprint density at radius 2 is 1.93 bits per heavy atom. The largest absolute Gasteiger partial charge is 0.433 e. The summed E-state index contributed by atoms with van der Waals surface area (Å²) in [6.07, 6.45) is -0.746. The van der Waals surface area contributed by atoms with E-state index in [9.17, 15) is 4.79 Å². The molecule has 14 heavy (non-hydrogen) atoms. The Morgan fingerprint density at radius 3 is 2.50 bits per heavy atom. The molecule has 1 aromatic carbocycles. The fourth-order valence-electron chi connectivity index (χ4n) is 0.729. The molecule has 0 saturated heterocycles. The third-order valence-electron chi connectivity index (χ3n) is 1.23. The summed E-state index contributed by atoms with van der Waals surface area (Å²) in [6, 6.07) is 8.55. The van der Waals surface area contributed by atoms with Crippen LogP contribution in [0.15, 0.2) is 35.4 Å². The van der Waals surface area contributed by atoms with Gasteiger partial charge < -0.3 is 16.2 Å². The van der Waals surface area contributed by atoms with Crippen molar-refractivity contribution in [3.63, 3.8) is 0 Å². The van der Waals surface area contributed by atoms with Crippen molar-refractivity contribution in [1.29, 1.82) is 0 Å². The molecule has 0 aromatic heterocycles. The minimum atomic E-state index is -0.746. The van der Waals surface area contributed by atoms with Crippen molar-refractivity contribution in [3.8, 4) is 5.75 Å². The van der Waals surface area contributed by atoms with Gasteiger partial charge in [0.15, 0.2) is 0 Å². The van der Waals surface area contributed by atoms with Gasteiger partial charge in [0.05, 0.1) is 0 Å². The predicted molar refractivity (Wildman–Crippen MR) is 51.4 cm³/mol. The fraction of sp³-hybridized carbons (Fsp3) is 0. The van der Waals surface area contributed by atoms with E-state index in [1.54, 1.807) is 30.3 Å². The van der Waals surface area contributed by atoms with Crippen LogP contribution in [0.3, 0.4) is 0 Å². The van der Waals surface area contributed by atoms with Crippen LogP contribution < -0.4 is 21.6 Å². The van der Waals surface area contributed by atoms with Gasteiger partial charge in [-0.2, -0.15) is 0 Å². The average molecular weight is 194 g/mol. The molecule has 0 fully saturated rings. The second-order valence-electron chi connectivity index (χ2n) is 2.35. The molecule has 74 valence electrons. The van der Waals surface area contributed by atoms with Crippen molar-refractivity contribution in [2.75, 3.05) is 0 Å². The third-order valence-corrected chi connectivity index (χ3v) is 1.23. The SMILES string of the molecule is NC(N)=NNC(=O)Oc1ccccc1. The topological polar surface area (TPSA) is 103 Å². The highest BCUT2D eigenvalue weighted by Crippen LogP contribution is 2.07. The normalized spacial score (nSPS) is 8.86. The number of carbonyl (C=O) groups is 1. The number of ether oxygens (including phenoxy) is 1. The summed E-state index contributed by atoms with van der Waals surface area (Å²) in [7, 11) is 0. The van der Waals surface area contributed by atoms with E-state index >= 15 is 0 Å². The van der Waals surface area contributed by atoms with E-state index in [0.717, 1.165) is 0 Å². The Bertz CT molecular complexity index is 332. The molecule has 6 heteroatoms. The lowest BCUT2D eigenvalue weighted by Crippen LogP contribution is -2.30. The molecule has 0 aliphatic heterocycles. The Balaban J connectivity index is 2.46. The number of rotatable bonds is 2. The van der Waals surface area contributed by atoms with Gasteiger partial charge in [0, 0.05) is 0 Å². The maximum Gasteiger partial charge on any atom is 0.433 e. The first-order valence-electron chi connectivity index (χ1n) is 3.80. The van der Waals surface area contributed by atoms with Gasteiger partial charge in [0.25, 0.3) is 0 Å². The number of hydrogen-bond acceptors (Lipinski definition) is 3. The summed E-state index contributed by atoms with van der Waals surface area (Å²) < 4.78 is 4.80. The van der Waals surface area contributed by atoms with Crippen LogP contribution >= 0.6 is 0 Å². The zero-order valence-corrected chi connectivity index (χ0v) is 7.31. The monoisotopic (exact) mass is 194 g/mol. The van der Waals surface area contributed by atoms with Crippen molar-refractivity contribution in [2.45, 2.75) is 0 Å². The van der Waals surface area contributed by atoms with Crippen LogP contribution in [-0.2, 0) is 0 Å². The number of nitrogens with zero attached hydrogens (tertiary/aromatic N) is 1. The highest BCUT2D eigenvalue weighted by atomic mass is 16.6. The van der Waals surface area contributed by atoms with Crippen LogP contribution in [0.5, 0.6) is 5.75 Å².